The number of hydrogen-bond acceptors (Lipinski definition) is 0. The van der Waals surface area contributed by atoms with E-state index in [9.17, 15) is 0 Å². The van der Waals surface area contributed by atoms with Gasteiger partial charge in [0.1, 0.15) is 0 Å². The Hall–Kier alpha value is -0.780. The molecule has 1 saturated carbocycles. The van der Waals surface area contributed by atoms with Crippen LogP contribution in [0.15, 0.2) is 24.3 Å². The second-order valence-corrected chi connectivity index (χ2v) is 2.96. The van der Waals surface area contributed by atoms with Crippen LogP contribution in [-0.2, 0) is 0 Å². The molecule has 2 rings (SSSR count). The Labute approximate surface area is 61.9 Å². The van der Waals surface area contributed by atoms with Crippen LogP contribution in [0.25, 0.3) is 0 Å². The van der Waals surface area contributed by atoms with Crippen molar-refractivity contribution in [2.75, 3.05) is 0 Å². The molecule has 0 spiro atoms. The molecule has 1 aromatic rings. The Morgan fingerprint density at radius 1 is 1.40 bits per heavy atom. The summed E-state index contributed by atoms with van der Waals surface area (Å²) < 4.78 is 0. The molecule has 51 valence electrons. The Morgan fingerprint density at radius 2 is 2.30 bits per heavy atom. The summed E-state index contributed by atoms with van der Waals surface area (Å²) in [4.78, 5) is 0. The molecular weight excluding hydrogens is 120 g/mol. The molecule has 1 aliphatic carbocycles. The van der Waals surface area contributed by atoms with Crippen molar-refractivity contribution < 1.29 is 0 Å². The zero-order valence-electron chi connectivity index (χ0n) is 6.01. The summed E-state index contributed by atoms with van der Waals surface area (Å²) >= 11 is 0. The molecular formula is C10H11. The van der Waals surface area contributed by atoms with Crippen molar-refractivity contribution in [1.82, 2.24) is 0 Å². The summed E-state index contributed by atoms with van der Waals surface area (Å²) in [6, 6.07) is 11.5. The van der Waals surface area contributed by atoms with Gasteiger partial charge >= 0.3 is 0 Å². The maximum atomic E-state index is 3.11. The molecule has 0 aliphatic heterocycles. The lowest BCUT2D eigenvalue weighted by Crippen LogP contribution is -2.07. The highest BCUT2D eigenvalue weighted by Gasteiger charge is 2.18. The molecule has 0 nitrogen and oxygen atoms in total. The first kappa shape index (κ1) is 5.96. The topological polar surface area (TPSA) is 0 Å². The predicted molar refractivity (Wildman–Crippen MR) is 41.9 cm³/mol. The molecule has 0 bridgehead atoms. The van der Waals surface area contributed by atoms with Crippen molar-refractivity contribution in [3.05, 3.63) is 35.9 Å². The third kappa shape index (κ3) is 0.942. The van der Waals surface area contributed by atoms with E-state index < -0.39 is 0 Å². The second-order valence-electron chi connectivity index (χ2n) is 2.96. The highest BCUT2D eigenvalue weighted by Crippen LogP contribution is 2.35. The lowest BCUT2D eigenvalue weighted by molar-refractivity contribution is 0.420. The van der Waals surface area contributed by atoms with Crippen LogP contribution in [0.2, 0.25) is 0 Å². The molecule has 0 amide bonds. The molecule has 1 aromatic carbocycles. The molecule has 0 aromatic heterocycles. The Kier molecular flexibility index (Phi) is 1.46. The minimum absolute atomic E-state index is 0.859. The number of hydrogen-bond donors (Lipinski definition) is 0. The summed E-state index contributed by atoms with van der Waals surface area (Å²) in [6.45, 7) is 0. The first-order valence-electron chi connectivity index (χ1n) is 3.93. The fourth-order valence-electron chi connectivity index (χ4n) is 1.40. The van der Waals surface area contributed by atoms with E-state index in [2.05, 4.69) is 24.3 Å². The van der Waals surface area contributed by atoms with Gasteiger partial charge in [-0.3, -0.25) is 0 Å². The van der Waals surface area contributed by atoms with Crippen molar-refractivity contribution >= 4 is 0 Å². The fraction of sp³-hybridized carbons (Fsp3) is 0.400. The van der Waals surface area contributed by atoms with Crippen LogP contribution in [0, 0.1) is 6.07 Å². The molecule has 0 unspecified atom stereocenters. The molecule has 1 fully saturated rings. The van der Waals surface area contributed by atoms with Crippen molar-refractivity contribution in [2.24, 2.45) is 0 Å². The maximum absolute atomic E-state index is 3.11. The van der Waals surface area contributed by atoms with E-state index >= 15 is 0 Å². The maximum Gasteiger partial charge on any atom is -0.0162 e. The summed E-state index contributed by atoms with van der Waals surface area (Å²) in [5, 5.41) is 0. The van der Waals surface area contributed by atoms with Gasteiger partial charge in [0, 0.05) is 0 Å². The average Bonchev–Trinajstić information content (AvgIpc) is 1.86. The monoisotopic (exact) mass is 131 g/mol. The summed E-state index contributed by atoms with van der Waals surface area (Å²) in [7, 11) is 0. The van der Waals surface area contributed by atoms with Crippen LogP contribution in [-0.4, -0.2) is 0 Å². The van der Waals surface area contributed by atoms with E-state index in [0.717, 1.165) is 5.92 Å². The van der Waals surface area contributed by atoms with Gasteiger partial charge in [0.25, 0.3) is 0 Å². The Bertz CT molecular complexity index is 197. The van der Waals surface area contributed by atoms with E-state index in [0.29, 0.717) is 0 Å². The van der Waals surface area contributed by atoms with Gasteiger partial charge in [0.05, 0.1) is 0 Å². The lowest BCUT2D eigenvalue weighted by Gasteiger charge is -2.25. The van der Waals surface area contributed by atoms with Crippen LogP contribution < -0.4 is 0 Å². The van der Waals surface area contributed by atoms with Gasteiger partial charge in [-0.25, -0.2) is 0 Å². The summed E-state index contributed by atoms with van der Waals surface area (Å²) in [5.41, 5.74) is 1.48. The van der Waals surface area contributed by atoms with E-state index in [1.165, 1.54) is 24.8 Å². The highest BCUT2D eigenvalue weighted by molar-refractivity contribution is 5.20. The summed E-state index contributed by atoms with van der Waals surface area (Å²) in [5.74, 6) is 0.859. The molecule has 0 N–H and O–H groups in total. The average molecular weight is 131 g/mol. The second kappa shape index (κ2) is 2.45. The quantitative estimate of drug-likeness (QED) is 0.549. The third-order valence-electron chi connectivity index (χ3n) is 2.31. The lowest BCUT2D eigenvalue weighted by atomic mass is 9.80. The molecule has 1 radical (unpaired) electrons. The minimum Gasteiger partial charge on any atom is -0.0614 e. The van der Waals surface area contributed by atoms with Crippen molar-refractivity contribution in [1.29, 1.82) is 0 Å². The van der Waals surface area contributed by atoms with Crippen molar-refractivity contribution in [2.45, 2.75) is 25.2 Å². The molecule has 10 heavy (non-hydrogen) atoms. The molecule has 1 aliphatic rings. The van der Waals surface area contributed by atoms with Crippen molar-refractivity contribution in [3.8, 4) is 0 Å². The van der Waals surface area contributed by atoms with E-state index in [-0.39, 0.29) is 0 Å². The van der Waals surface area contributed by atoms with Crippen LogP contribution in [0.5, 0.6) is 0 Å². The van der Waals surface area contributed by atoms with E-state index in [4.69, 9.17) is 0 Å². The first-order chi connectivity index (χ1) is 4.97. The van der Waals surface area contributed by atoms with E-state index in [1.807, 2.05) is 6.07 Å². The zero-order valence-corrected chi connectivity index (χ0v) is 6.01. The van der Waals surface area contributed by atoms with Crippen LogP contribution in [0.1, 0.15) is 30.7 Å². The SMILES string of the molecule is [c]1cccc(C2CCC2)c1. The van der Waals surface area contributed by atoms with Crippen LogP contribution >= 0.6 is 0 Å². The molecule has 0 saturated heterocycles. The zero-order chi connectivity index (χ0) is 6.81. The van der Waals surface area contributed by atoms with Gasteiger partial charge in [-0.15, -0.1) is 0 Å². The van der Waals surface area contributed by atoms with Gasteiger partial charge < -0.3 is 0 Å². The van der Waals surface area contributed by atoms with Crippen LogP contribution in [0.3, 0.4) is 0 Å². The Morgan fingerprint density at radius 3 is 2.80 bits per heavy atom. The predicted octanol–water partition coefficient (Wildman–Crippen LogP) is 2.75. The largest absolute Gasteiger partial charge is 0.0614 e. The standard InChI is InChI=1S/C10H11/c1-2-5-9(6-3-1)10-7-4-8-10/h1-2,5-6,10H,4,7-8H2. The minimum atomic E-state index is 0.859. The van der Waals surface area contributed by atoms with Gasteiger partial charge in [-0.2, -0.15) is 0 Å². The number of benzene rings is 1. The van der Waals surface area contributed by atoms with Gasteiger partial charge in [0.15, 0.2) is 0 Å². The van der Waals surface area contributed by atoms with E-state index in [1.54, 1.807) is 0 Å². The van der Waals surface area contributed by atoms with Gasteiger partial charge in [0.2, 0.25) is 0 Å². The summed E-state index contributed by atoms with van der Waals surface area (Å²) in [6.07, 6.45) is 4.19. The molecule has 0 heteroatoms. The number of rotatable bonds is 1. The van der Waals surface area contributed by atoms with Crippen LogP contribution in [0.4, 0.5) is 0 Å². The Balaban J connectivity index is 2.18. The normalized spacial score (nSPS) is 18.4. The smallest absolute Gasteiger partial charge is 0.0162 e. The van der Waals surface area contributed by atoms with Gasteiger partial charge in [-0.05, 0) is 30.4 Å². The fourth-order valence-corrected chi connectivity index (χ4v) is 1.40. The third-order valence-corrected chi connectivity index (χ3v) is 2.31. The molecule has 0 atom stereocenters. The van der Waals surface area contributed by atoms with Crippen molar-refractivity contribution in [3.63, 3.8) is 0 Å². The highest BCUT2D eigenvalue weighted by atomic mass is 14.2. The van der Waals surface area contributed by atoms with Gasteiger partial charge in [-0.1, -0.05) is 30.7 Å². The molecule has 0 heterocycles. The first-order valence-corrected chi connectivity index (χ1v) is 3.93.